The van der Waals surface area contributed by atoms with E-state index in [2.05, 4.69) is 5.32 Å². The van der Waals surface area contributed by atoms with Crippen molar-refractivity contribution in [2.24, 2.45) is 0 Å². The average molecular weight is 245 g/mol. The molecule has 2 unspecified atom stereocenters. The summed E-state index contributed by atoms with van der Waals surface area (Å²) in [6, 6.07) is 4.65. The van der Waals surface area contributed by atoms with Crippen LogP contribution in [0.4, 0.5) is 13.2 Å². The summed E-state index contributed by atoms with van der Waals surface area (Å²) in [6.45, 7) is -0.182. The van der Waals surface area contributed by atoms with Crippen molar-refractivity contribution in [3.05, 3.63) is 35.1 Å². The molecule has 0 radical (unpaired) electrons. The molecule has 2 atom stereocenters. The number of aliphatic hydroxyl groups is 1. The third kappa shape index (κ3) is 2.61. The Kier molecular flexibility index (Phi) is 3.69. The number of hydrogen-bond donors (Lipinski definition) is 2. The SMILES string of the molecule is OC(CNC1CCc2c(F)cccc21)C(F)F. The van der Waals surface area contributed by atoms with Crippen molar-refractivity contribution >= 4 is 0 Å². The van der Waals surface area contributed by atoms with Gasteiger partial charge in [-0.15, -0.1) is 0 Å². The summed E-state index contributed by atoms with van der Waals surface area (Å²) in [5, 5.41) is 11.9. The lowest BCUT2D eigenvalue weighted by molar-refractivity contribution is -0.00463. The molecule has 1 aliphatic carbocycles. The Hall–Kier alpha value is -1.07. The zero-order valence-corrected chi connectivity index (χ0v) is 9.17. The molecule has 0 fully saturated rings. The quantitative estimate of drug-likeness (QED) is 0.850. The summed E-state index contributed by atoms with van der Waals surface area (Å²) in [7, 11) is 0. The first-order valence-corrected chi connectivity index (χ1v) is 5.56. The van der Waals surface area contributed by atoms with Gasteiger partial charge < -0.3 is 10.4 Å². The lowest BCUT2D eigenvalue weighted by Gasteiger charge is -2.16. The van der Waals surface area contributed by atoms with Crippen molar-refractivity contribution in [2.45, 2.75) is 31.4 Å². The van der Waals surface area contributed by atoms with E-state index in [9.17, 15) is 13.2 Å². The van der Waals surface area contributed by atoms with Gasteiger partial charge in [0.2, 0.25) is 0 Å². The van der Waals surface area contributed by atoms with Crippen LogP contribution in [0.1, 0.15) is 23.6 Å². The Morgan fingerprint density at radius 2 is 2.18 bits per heavy atom. The van der Waals surface area contributed by atoms with Crippen LogP contribution >= 0.6 is 0 Å². The number of hydrogen-bond acceptors (Lipinski definition) is 2. The summed E-state index contributed by atoms with van der Waals surface area (Å²) < 4.78 is 37.6. The second kappa shape index (κ2) is 5.06. The Balaban J connectivity index is 2.00. The van der Waals surface area contributed by atoms with Crippen molar-refractivity contribution < 1.29 is 18.3 Å². The van der Waals surface area contributed by atoms with E-state index in [0.717, 1.165) is 5.56 Å². The van der Waals surface area contributed by atoms with E-state index in [0.29, 0.717) is 18.4 Å². The molecule has 2 nitrogen and oxygen atoms in total. The zero-order chi connectivity index (χ0) is 12.4. The highest BCUT2D eigenvalue weighted by Gasteiger charge is 2.26. The molecule has 5 heteroatoms. The molecule has 0 aliphatic heterocycles. The molecule has 94 valence electrons. The molecule has 0 heterocycles. The van der Waals surface area contributed by atoms with Crippen LogP contribution in [0.25, 0.3) is 0 Å². The van der Waals surface area contributed by atoms with Crippen molar-refractivity contribution in [1.82, 2.24) is 5.32 Å². The van der Waals surface area contributed by atoms with Gasteiger partial charge in [0.05, 0.1) is 0 Å². The summed E-state index contributed by atoms with van der Waals surface area (Å²) in [5.74, 6) is -0.249. The first-order chi connectivity index (χ1) is 8.09. The number of fused-ring (bicyclic) bond motifs is 1. The summed E-state index contributed by atoms with van der Waals surface area (Å²) >= 11 is 0. The van der Waals surface area contributed by atoms with Crippen LogP contribution in [0.15, 0.2) is 18.2 Å². The maximum absolute atomic E-state index is 13.4. The predicted molar refractivity (Wildman–Crippen MR) is 57.5 cm³/mol. The largest absolute Gasteiger partial charge is 0.386 e. The Morgan fingerprint density at radius 3 is 2.88 bits per heavy atom. The highest BCUT2D eigenvalue weighted by molar-refractivity contribution is 5.35. The Bertz CT molecular complexity index is 397. The molecule has 1 aromatic rings. The third-order valence-electron chi connectivity index (χ3n) is 3.08. The van der Waals surface area contributed by atoms with Gasteiger partial charge in [0, 0.05) is 12.6 Å². The van der Waals surface area contributed by atoms with Gasteiger partial charge in [0.1, 0.15) is 11.9 Å². The topological polar surface area (TPSA) is 32.3 Å². The molecular formula is C12H14F3NO. The minimum absolute atomic E-state index is 0.144. The van der Waals surface area contributed by atoms with Gasteiger partial charge in [-0.05, 0) is 30.0 Å². The fourth-order valence-corrected chi connectivity index (χ4v) is 2.17. The van der Waals surface area contributed by atoms with Gasteiger partial charge in [-0.25, -0.2) is 13.2 Å². The molecule has 17 heavy (non-hydrogen) atoms. The highest BCUT2D eigenvalue weighted by Crippen LogP contribution is 2.32. The summed E-state index contributed by atoms with van der Waals surface area (Å²) in [4.78, 5) is 0. The lowest BCUT2D eigenvalue weighted by Crippen LogP contribution is -2.33. The maximum atomic E-state index is 13.4. The van der Waals surface area contributed by atoms with Gasteiger partial charge >= 0.3 is 0 Å². The normalized spacial score (nSPS) is 20.6. The minimum Gasteiger partial charge on any atom is -0.386 e. The van der Waals surface area contributed by atoms with Gasteiger partial charge in [0.25, 0.3) is 6.43 Å². The lowest BCUT2D eigenvalue weighted by atomic mass is 10.1. The molecule has 1 aromatic carbocycles. The number of halogens is 3. The molecule has 1 aliphatic rings. The number of aliphatic hydroxyl groups excluding tert-OH is 1. The molecule has 2 N–H and O–H groups in total. The number of nitrogens with one attached hydrogen (secondary N) is 1. The molecule has 0 saturated heterocycles. The molecule has 0 spiro atoms. The monoisotopic (exact) mass is 245 g/mol. The van der Waals surface area contributed by atoms with Crippen molar-refractivity contribution in [3.63, 3.8) is 0 Å². The standard InChI is InChI=1S/C12H14F3NO/c13-9-3-1-2-8-7(9)4-5-10(8)16-6-11(17)12(14)15/h1-3,10-12,16-17H,4-6H2. The van der Waals surface area contributed by atoms with Gasteiger partial charge in [-0.2, -0.15) is 0 Å². The van der Waals surface area contributed by atoms with Crippen molar-refractivity contribution in [2.75, 3.05) is 6.54 Å². The van der Waals surface area contributed by atoms with Crippen molar-refractivity contribution in [3.8, 4) is 0 Å². The van der Waals surface area contributed by atoms with E-state index in [1.54, 1.807) is 12.1 Å². The molecule has 0 bridgehead atoms. The van der Waals surface area contributed by atoms with Crippen LogP contribution < -0.4 is 5.32 Å². The second-order valence-electron chi connectivity index (χ2n) is 4.21. The van der Waals surface area contributed by atoms with Crippen LogP contribution in [0.2, 0.25) is 0 Å². The molecule has 0 aromatic heterocycles. The van der Waals surface area contributed by atoms with Crippen LogP contribution in [-0.2, 0) is 6.42 Å². The predicted octanol–water partition coefficient (Wildman–Crippen LogP) is 2.03. The van der Waals surface area contributed by atoms with E-state index >= 15 is 0 Å². The van der Waals surface area contributed by atoms with Crippen molar-refractivity contribution in [1.29, 1.82) is 0 Å². The molecule has 0 amide bonds. The Labute approximate surface area is 97.5 Å². The number of benzene rings is 1. The summed E-state index contributed by atoms with van der Waals surface area (Å²) in [6.07, 6.45) is -3.15. The van der Waals surface area contributed by atoms with Crippen LogP contribution in [0.3, 0.4) is 0 Å². The van der Waals surface area contributed by atoms with E-state index in [4.69, 9.17) is 5.11 Å². The molecule has 0 saturated carbocycles. The third-order valence-corrected chi connectivity index (χ3v) is 3.08. The first-order valence-electron chi connectivity index (χ1n) is 5.56. The van der Waals surface area contributed by atoms with Crippen LogP contribution in [0, 0.1) is 5.82 Å². The fraction of sp³-hybridized carbons (Fsp3) is 0.500. The average Bonchev–Trinajstić information content (AvgIpc) is 2.70. The fourth-order valence-electron chi connectivity index (χ4n) is 2.17. The minimum atomic E-state index is -2.75. The van der Waals surface area contributed by atoms with Gasteiger partial charge in [-0.3, -0.25) is 0 Å². The highest BCUT2D eigenvalue weighted by atomic mass is 19.3. The van der Waals surface area contributed by atoms with E-state index in [-0.39, 0.29) is 18.4 Å². The van der Waals surface area contributed by atoms with Crippen LogP contribution in [-0.4, -0.2) is 24.2 Å². The number of alkyl halides is 2. The second-order valence-corrected chi connectivity index (χ2v) is 4.21. The smallest absolute Gasteiger partial charge is 0.265 e. The first kappa shape index (κ1) is 12.4. The van der Waals surface area contributed by atoms with Gasteiger partial charge in [-0.1, -0.05) is 12.1 Å². The molecule has 2 rings (SSSR count). The maximum Gasteiger partial charge on any atom is 0.265 e. The Morgan fingerprint density at radius 1 is 1.41 bits per heavy atom. The van der Waals surface area contributed by atoms with E-state index < -0.39 is 12.5 Å². The zero-order valence-electron chi connectivity index (χ0n) is 9.17. The van der Waals surface area contributed by atoms with Gasteiger partial charge in [0.15, 0.2) is 0 Å². The van der Waals surface area contributed by atoms with E-state index in [1.165, 1.54) is 6.07 Å². The van der Waals surface area contributed by atoms with E-state index in [1.807, 2.05) is 0 Å². The van der Waals surface area contributed by atoms with Crippen LogP contribution in [0.5, 0.6) is 0 Å². The molecular weight excluding hydrogens is 231 g/mol. The summed E-state index contributed by atoms with van der Waals surface area (Å²) in [5.41, 5.74) is 1.46. The number of rotatable bonds is 4.